The number of hydrogen-bond donors (Lipinski definition) is 1. The lowest BCUT2D eigenvalue weighted by molar-refractivity contribution is 0.605. The van der Waals surface area contributed by atoms with E-state index >= 15 is 0 Å². The molecule has 0 aliphatic heterocycles. The minimum atomic E-state index is 0.394. The minimum Gasteiger partial charge on any atom is -0.310 e. The Bertz CT molecular complexity index is 352. The van der Waals surface area contributed by atoms with Gasteiger partial charge < -0.3 is 5.32 Å². The van der Waals surface area contributed by atoms with Crippen LogP contribution >= 0.6 is 23.4 Å². The summed E-state index contributed by atoms with van der Waals surface area (Å²) in [6.07, 6.45) is 0. The molecule has 1 aromatic rings. The number of thioether (sulfide) groups is 1. The summed E-state index contributed by atoms with van der Waals surface area (Å²) in [6, 6.07) is 6.76. The van der Waals surface area contributed by atoms with Crippen LogP contribution in [-0.2, 0) is 0 Å². The van der Waals surface area contributed by atoms with Gasteiger partial charge in [-0.2, -0.15) is 11.8 Å². The molecule has 0 fully saturated rings. The number of nitrogens with one attached hydrogen (secondary N) is 1. The summed E-state index contributed by atoms with van der Waals surface area (Å²) >= 11 is 8.16. The first kappa shape index (κ1) is 14.9. The van der Waals surface area contributed by atoms with Gasteiger partial charge in [-0.3, -0.25) is 0 Å². The smallest absolute Gasteiger partial charge is 0.0438 e. The third-order valence-electron chi connectivity index (χ3n) is 2.65. The Morgan fingerprint density at radius 2 is 2.06 bits per heavy atom. The van der Waals surface area contributed by atoms with Crippen LogP contribution in [0.4, 0.5) is 0 Å². The van der Waals surface area contributed by atoms with Crippen molar-refractivity contribution in [1.82, 2.24) is 5.32 Å². The molecule has 0 aromatic heterocycles. The number of rotatable bonds is 6. The van der Waals surface area contributed by atoms with Crippen LogP contribution in [0.2, 0.25) is 5.02 Å². The summed E-state index contributed by atoms with van der Waals surface area (Å²) in [6.45, 7) is 9.63. The van der Waals surface area contributed by atoms with Gasteiger partial charge in [0.2, 0.25) is 0 Å². The van der Waals surface area contributed by atoms with Crippen molar-refractivity contribution in [2.45, 2.75) is 39.0 Å². The predicted octanol–water partition coefficient (Wildman–Crippen LogP) is 4.44. The molecule has 1 nitrogen and oxygen atoms in total. The van der Waals surface area contributed by atoms with Crippen LogP contribution < -0.4 is 5.32 Å². The van der Waals surface area contributed by atoms with Gasteiger partial charge in [0.25, 0.3) is 0 Å². The van der Waals surface area contributed by atoms with Gasteiger partial charge in [0.1, 0.15) is 0 Å². The highest BCUT2D eigenvalue weighted by Crippen LogP contribution is 2.25. The van der Waals surface area contributed by atoms with Crippen LogP contribution in [-0.4, -0.2) is 17.5 Å². The third kappa shape index (κ3) is 4.90. The first-order chi connectivity index (χ1) is 8.04. The maximum Gasteiger partial charge on any atom is 0.0438 e. The van der Waals surface area contributed by atoms with Crippen molar-refractivity contribution in [2.24, 2.45) is 0 Å². The Morgan fingerprint density at radius 1 is 1.35 bits per heavy atom. The van der Waals surface area contributed by atoms with Gasteiger partial charge in [-0.15, -0.1) is 0 Å². The zero-order valence-corrected chi connectivity index (χ0v) is 12.7. The molecule has 0 saturated heterocycles. The highest BCUT2D eigenvalue weighted by atomic mass is 35.5. The molecule has 0 radical (unpaired) electrons. The molecule has 0 aliphatic rings. The molecule has 1 atom stereocenters. The number of aryl methyl sites for hydroxylation is 1. The third-order valence-corrected chi connectivity index (χ3v) is 4.24. The lowest BCUT2D eigenvalue weighted by Crippen LogP contribution is -2.23. The molecule has 0 spiro atoms. The van der Waals surface area contributed by atoms with Crippen molar-refractivity contribution in [3.05, 3.63) is 34.3 Å². The van der Waals surface area contributed by atoms with Crippen LogP contribution in [0, 0.1) is 6.92 Å². The van der Waals surface area contributed by atoms with E-state index in [0.29, 0.717) is 11.3 Å². The molecule has 0 saturated carbocycles. The lowest BCUT2D eigenvalue weighted by Gasteiger charge is -2.19. The summed E-state index contributed by atoms with van der Waals surface area (Å²) in [4.78, 5) is 0. The molecular weight excluding hydrogens is 250 g/mol. The molecule has 1 unspecified atom stereocenters. The van der Waals surface area contributed by atoms with Gasteiger partial charge in [0.15, 0.2) is 0 Å². The van der Waals surface area contributed by atoms with Crippen LogP contribution in [0.15, 0.2) is 18.2 Å². The Labute approximate surface area is 114 Å². The van der Waals surface area contributed by atoms with Crippen molar-refractivity contribution in [2.75, 3.05) is 12.3 Å². The summed E-state index contributed by atoms with van der Waals surface area (Å²) < 4.78 is 0. The van der Waals surface area contributed by atoms with E-state index in [1.54, 1.807) is 0 Å². The second kappa shape index (κ2) is 7.30. The highest BCUT2D eigenvalue weighted by molar-refractivity contribution is 7.99. The van der Waals surface area contributed by atoms with Crippen LogP contribution in [0.1, 0.15) is 37.9 Å². The Morgan fingerprint density at radius 3 is 2.59 bits per heavy atom. The van der Waals surface area contributed by atoms with Gasteiger partial charge >= 0.3 is 0 Å². The van der Waals surface area contributed by atoms with Gasteiger partial charge in [-0.1, -0.05) is 44.5 Å². The van der Waals surface area contributed by atoms with Crippen LogP contribution in [0.3, 0.4) is 0 Å². The molecule has 1 rings (SSSR count). The van der Waals surface area contributed by atoms with Gasteiger partial charge in [0, 0.05) is 16.8 Å². The van der Waals surface area contributed by atoms with Crippen molar-refractivity contribution in [3.63, 3.8) is 0 Å². The van der Waals surface area contributed by atoms with Crippen molar-refractivity contribution in [3.8, 4) is 0 Å². The molecule has 0 amide bonds. The van der Waals surface area contributed by atoms with Crippen molar-refractivity contribution in [1.29, 1.82) is 0 Å². The zero-order valence-electron chi connectivity index (χ0n) is 11.1. The predicted molar refractivity (Wildman–Crippen MR) is 80.2 cm³/mol. The van der Waals surface area contributed by atoms with Gasteiger partial charge in [-0.05, 0) is 35.9 Å². The average Bonchev–Trinajstić information content (AvgIpc) is 2.28. The standard InChI is InChI=1S/C14H22ClNS/c1-5-16-14(9-17-10(2)3)12-7-6-11(4)13(15)8-12/h6-8,10,14,16H,5,9H2,1-4H3. The maximum absolute atomic E-state index is 6.19. The monoisotopic (exact) mass is 271 g/mol. The van der Waals surface area contributed by atoms with E-state index in [-0.39, 0.29) is 0 Å². The van der Waals surface area contributed by atoms with Gasteiger partial charge in [0.05, 0.1) is 0 Å². The van der Waals surface area contributed by atoms with E-state index in [1.165, 1.54) is 5.56 Å². The van der Waals surface area contributed by atoms with E-state index < -0.39 is 0 Å². The normalized spacial score (nSPS) is 13.1. The molecule has 17 heavy (non-hydrogen) atoms. The van der Waals surface area contributed by atoms with Crippen molar-refractivity contribution < 1.29 is 0 Å². The summed E-state index contributed by atoms with van der Waals surface area (Å²) in [5.41, 5.74) is 2.43. The quantitative estimate of drug-likeness (QED) is 0.821. The summed E-state index contributed by atoms with van der Waals surface area (Å²) in [5, 5.41) is 5.05. The molecule has 96 valence electrons. The van der Waals surface area contributed by atoms with Crippen LogP contribution in [0.5, 0.6) is 0 Å². The summed E-state index contributed by atoms with van der Waals surface area (Å²) in [7, 11) is 0. The molecular formula is C14H22ClNS. The van der Waals surface area contributed by atoms with E-state index in [1.807, 2.05) is 18.7 Å². The number of halogens is 1. The van der Waals surface area contributed by atoms with E-state index in [4.69, 9.17) is 11.6 Å². The molecule has 0 heterocycles. The van der Waals surface area contributed by atoms with E-state index in [9.17, 15) is 0 Å². The van der Waals surface area contributed by atoms with E-state index in [0.717, 1.165) is 22.9 Å². The molecule has 0 aliphatic carbocycles. The topological polar surface area (TPSA) is 12.0 Å². The largest absolute Gasteiger partial charge is 0.310 e. The number of benzene rings is 1. The Balaban J connectivity index is 2.77. The molecule has 1 aromatic carbocycles. The van der Waals surface area contributed by atoms with Crippen molar-refractivity contribution >= 4 is 23.4 Å². The Kier molecular flexibility index (Phi) is 6.39. The fourth-order valence-electron chi connectivity index (χ4n) is 1.63. The SMILES string of the molecule is CCNC(CSC(C)C)c1ccc(C)c(Cl)c1. The summed E-state index contributed by atoms with van der Waals surface area (Å²) in [5.74, 6) is 1.09. The lowest BCUT2D eigenvalue weighted by atomic mass is 10.1. The second-order valence-corrected chi connectivity index (χ2v) is 6.52. The van der Waals surface area contributed by atoms with Crippen LogP contribution in [0.25, 0.3) is 0 Å². The van der Waals surface area contributed by atoms with E-state index in [2.05, 4.69) is 44.3 Å². The first-order valence-electron chi connectivity index (χ1n) is 6.15. The minimum absolute atomic E-state index is 0.394. The Hall–Kier alpha value is -0.180. The second-order valence-electron chi connectivity index (χ2n) is 4.50. The maximum atomic E-state index is 6.19. The first-order valence-corrected chi connectivity index (χ1v) is 7.58. The highest BCUT2D eigenvalue weighted by Gasteiger charge is 2.12. The average molecular weight is 272 g/mol. The molecule has 0 bridgehead atoms. The van der Waals surface area contributed by atoms with Gasteiger partial charge in [-0.25, -0.2) is 0 Å². The fraction of sp³-hybridized carbons (Fsp3) is 0.571. The molecule has 3 heteroatoms. The number of hydrogen-bond acceptors (Lipinski definition) is 2. The zero-order chi connectivity index (χ0) is 12.8. The fourth-order valence-corrected chi connectivity index (χ4v) is 2.71. The molecule has 1 N–H and O–H groups in total.